The molecule has 0 saturated heterocycles. The smallest absolute Gasteiger partial charge is 0.338 e. The van der Waals surface area contributed by atoms with Gasteiger partial charge in [-0.05, 0) is 60.4 Å². The first-order valence-electron chi connectivity index (χ1n) is 11.9. The molecule has 0 fully saturated rings. The number of allylic oxidation sites excluding steroid dienone is 1. The first kappa shape index (κ1) is 22.5. The summed E-state index contributed by atoms with van der Waals surface area (Å²) in [6.07, 6.45) is 10.5. The number of carbonyl (C=O) groups is 1. The lowest BCUT2D eigenvalue weighted by Crippen LogP contribution is -2.32. The van der Waals surface area contributed by atoms with Crippen LogP contribution in [0.25, 0.3) is 11.1 Å². The second-order valence-corrected chi connectivity index (χ2v) is 8.73. The molecule has 2 aliphatic rings. The van der Waals surface area contributed by atoms with E-state index in [1.807, 2.05) is 18.2 Å². The fourth-order valence-corrected chi connectivity index (χ4v) is 4.77. The first-order valence-corrected chi connectivity index (χ1v) is 11.9. The molecule has 2 unspecified atom stereocenters. The summed E-state index contributed by atoms with van der Waals surface area (Å²) in [7, 11) is 1.41. The lowest BCUT2D eigenvalue weighted by atomic mass is 9.83. The highest BCUT2D eigenvalue weighted by atomic mass is 16.5. The van der Waals surface area contributed by atoms with Crippen LogP contribution in [-0.2, 0) is 16.1 Å². The number of benzene rings is 2. The molecule has 0 aromatic heterocycles. The number of nitrogens with zero attached hydrogens (tertiary/aromatic N) is 1. The molecule has 4 heteroatoms. The van der Waals surface area contributed by atoms with Crippen molar-refractivity contribution in [2.75, 3.05) is 7.11 Å². The maximum atomic E-state index is 12.1. The van der Waals surface area contributed by atoms with E-state index in [2.05, 4.69) is 37.4 Å². The van der Waals surface area contributed by atoms with Gasteiger partial charge < -0.3 is 9.47 Å². The van der Waals surface area contributed by atoms with E-state index < -0.39 is 0 Å². The van der Waals surface area contributed by atoms with Crippen LogP contribution >= 0.6 is 0 Å². The fourth-order valence-electron chi connectivity index (χ4n) is 4.77. The number of esters is 1. The zero-order chi connectivity index (χ0) is 22.3. The number of hydrogen-bond donors (Lipinski definition) is 0. The van der Waals surface area contributed by atoms with Gasteiger partial charge in [0.15, 0.2) is 0 Å². The van der Waals surface area contributed by atoms with Gasteiger partial charge in [0.2, 0.25) is 0 Å². The highest BCUT2D eigenvalue weighted by Crippen LogP contribution is 2.36. The minimum atomic E-state index is -0.318. The Kier molecular flexibility index (Phi) is 7.54. The molecule has 168 valence electrons. The van der Waals surface area contributed by atoms with Crippen molar-refractivity contribution in [2.45, 2.75) is 64.6 Å². The van der Waals surface area contributed by atoms with Gasteiger partial charge in [0.25, 0.3) is 0 Å². The summed E-state index contributed by atoms with van der Waals surface area (Å²) in [4.78, 5) is 16.9. The van der Waals surface area contributed by atoms with E-state index in [-0.39, 0.29) is 12.1 Å². The van der Waals surface area contributed by atoms with E-state index in [1.54, 1.807) is 6.07 Å². The number of hydrogen-bond acceptors (Lipinski definition) is 4. The van der Waals surface area contributed by atoms with Crippen LogP contribution in [-0.4, -0.2) is 25.4 Å². The zero-order valence-electron chi connectivity index (χ0n) is 19.2. The molecule has 0 saturated carbocycles. The molecule has 32 heavy (non-hydrogen) atoms. The highest BCUT2D eigenvalue weighted by molar-refractivity contribution is 5.97. The summed E-state index contributed by atoms with van der Waals surface area (Å²) in [6, 6.07) is 15.9. The Bertz CT molecular complexity index is 990. The molecule has 1 heterocycles. The molecular formula is C28H33NO3. The zero-order valence-corrected chi connectivity index (χ0v) is 19.2. The summed E-state index contributed by atoms with van der Waals surface area (Å²) in [5, 5.41) is 0. The summed E-state index contributed by atoms with van der Waals surface area (Å²) in [6.45, 7) is 2.82. The van der Waals surface area contributed by atoms with Gasteiger partial charge in [-0.15, -0.1) is 0 Å². The minimum absolute atomic E-state index is 0.147. The van der Waals surface area contributed by atoms with Crippen LogP contribution in [0, 0.1) is 5.92 Å². The Labute approximate surface area is 191 Å². The van der Waals surface area contributed by atoms with E-state index in [1.165, 1.54) is 44.1 Å². The molecule has 2 aromatic carbocycles. The van der Waals surface area contributed by atoms with Crippen LogP contribution in [0.4, 0.5) is 0 Å². The van der Waals surface area contributed by atoms with E-state index in [4.69, 9.17) is 14.5 Å². The lowest BCUT2D eigenvalue weighted by molar-refractivity contribution is 0.0360. The molecule has 4 rings (SSSR count). The average Bonchev–Trinajstić information content (AvgIpc) is 2.86. The number of carbonyl (C=O) groups excluding carboxylic acids is 1. The standard InChI is InChI=1S/C28H33NO3/c1-3-4-9-22-18-29-26-13-8-7-12-25(26)27(22)32-19-20-14-16-21(17-15-20)23-10-5-6-11-24(23)28(30)31-2/h5-6,10-11,14-18,22,27H,3-4,7-9,12-13,19H2,1-2H3. The third-order valence-electron chi connectivity index (χ3n) is 6.55. The van der Waals surface area contributed by atoms with E-state index in [0.717, 1.165) is 36.0 Å². The molecule has 2 atom stereocenters. The average molecular weight is 432 g/mol. The molecule has 0 radical (unpaired) electrons. The number of aliphatic imine (C=N–C) groups is 1. The first-order chi connectivity index (χ1) is 15.7. The predicted molar refractivity (Wildman–Crippen MR) is 129 cm³/mol. The molecule has 0 N–H and O–H groups in total. The van der Waals surface area contributed by atoms with E-state index >= 15 is 0 Å². The summed E-state index contributed by atoms with van der Waals surface area (Å²) in [5.74, 6) is 0.0552. The molecule has 0 amide bonds. The van der Waals surface area contributed by atoms with Gasteiger partial charge in [0, 0.05) is 17.8 Å². The number of ether oxygens (including phenoxy) is 2. The number of rotatable bonds is 8. The monoisotopic (exact) mass is 431 g/mol. The lowest BCUT2D eigenvalue weighted by Gasteiger charge is -2.33. The molecule has 1 aliphatic heterocycles. The van der Waals surface area contributed by atoms with Crippen LogP contribution in [0.5, 0.6) is 0 Å². The van der Waals surface area contributed by atoms with Crippen LogP contribution in [0.15, 0.2) is 64.8 Å². The molecular weight excluding hydrogens is 398 g/mol. The van der Waals surface area contributed by atoms with Crippen LogP contribution in [0.1, 0.15) is 67.8 Å². The van der Waals surface area contributed by atoms with Gasteiger partial charge in [0.05, 0.1) is 25.4 Å². The van der Waals surface area contributed by atoms with Crippen molar-refractivity contribution in [3.8, 4) is 11.1 Å². The van der Waals surface area contributed by atoms with Crippen LogP contribution < -0.4 is 0 Å². The maximum Gasteiger partial charge on any atom is 0.338 e. The Morgan fingerprint density at radius 3 is 2.62 bits per heavy atom. The van der Waals surface area contributed by atoms with Gasteiger partial charge in [-0.2, -0.15) is 0 Å². The van der Waals surface area contributed by atoms with Crippen LogP contribution in [0.2, 0.25) is 0 Å². The predicted octanol–water partition coefficient (Wildman–Crippen LogP) is 6.74. The molecule has 4 nitrogen and oxygen atoms in total. The number of methoxy groups -OCH3 is 1. The summed E-state index contributed by atoms with van der Waals surface area (Å²) >= 11 is 0. The number of unbranched alkanes of at least 4 members (excludes halogenated alkanes) is 1. The van der Waals surface area contributed by atoms with E-state index in [9.17, 15) is 4.79 Å². The quantitative estimate of drug-likeness (QED) is 0.435. The normalized spacial score (nSPS) is 20.2. The third-order valence-corrected chi connectivity index (χ3v) is 6.55. The Balaban J connectivity index is 1.48. The topological polar surface area (TPSA) is 47.9 Å². The fraction of sp³-hybridized carbons (Fsp3) is 0.429. The van der Waals surface area contributed by atoms with Crippen molar-refractivity contribution in [1.29, 1.82) is 0 Å². The molecule has 0 spiro atoms. The van der Waals surface area contributed by atoms with Crippen molar-refractivity contribution in [3.63, 3.8) is 0 Å². The molecule has 2 aromatic rings. The minimum Gasteiger partial charge on any atom is -0.465 e. The van der Waals surface area contributed by atoms with Crippen molar-refractivity contribution >= 4 is 12.2 Å². The second-order valence-electron chi connectivity index (χ2n) is 8.73. The Hall–Kier alpha value is -2.72. The Morgan fingerprint density at radius 1 is 1.06 bits per heavy atom. The van der Waals surface area contributed by atoms with Gasteiger partial charge in [-0.3, -0.25) is 4.99 Å². The SMILES string of the molecule is CCCCC1C=NC2=C(CCCC2)C1OCc1ccc(-c2ccccc2C(=O)OC)cc1. The summed E-state index contributed by atoms with van der Waals surface area (Å²) in [5.41, 5.74) is 6.30. The van der Waals surface area contributed by atoms with Gasteiger partial charge in [0.1, 0.15) is 0 Å². The second kappa shape index (κ2) is 10.7. The van der Waals surface area contributed by atoms with E-state index in [0.29, 0.717) is 18.1 Å². The highest BCUT2D eigenvalue weighted by Gasteiger charge is 2.31. The molecule has 1 aliphatic carbocycles. The summed E-state index contributed by atoms with van der Waals surface area (Å²) < 4.78 is 11.5. The molecule has 0 bridgehead atoms. The van der Waals surface area contributed by atoms with Gasteiger partial charge in [-0.25, -0.2) is 4.79 Å². The third kappa shape index (κ3) is 5.02. The van der Waals surface area contributed by atoms with Crippen molar-refractivity contribution < 1.29 is 14.3 Å². The maximum absolute atomic E-state index is 12.1. The van der Waals surface area contributed by atoms with Crippen molar-refractivity contribution in [1.82, 2.24) is 0 Å². The van der Waals surface area contributed by atoms with Crippen molar-refractivity contribution in [3.05, 3.63) is 70.9 Å². The largest absolute Gasteiger partial charge is 0.465 e. The Morgan fingerprint density at radius 2 is 1.84 bits per heavy atom. The van der Waals surface area contributed by atoms with Gasteiger partial charge >= 0.3 is 5.97 Å². The van der Waals surface area contributed by atoms with Crippen LogP contribution in [0.3, 0.4) is 0 Å². The van der Waals surface area contributed by atoms with Gasteiger partial charge in [-0.1, -0.05) is 62.2 Å². The van der Waals surface area contributed by atoms with Crippen molar-refractivity contribution in [2.24, 2.45) is 10.9 Å².